The van der Waals surface area contributed by atoms with E-state index in [0.29, 0.717) is 0 Å². The van der Waals surface area contributed by atoms with E-state index < -0.39 is 0 Å². The van der Waals surface area contributed by atoms with E-state index in [9.17, 15) is 0 Å². The fourth-order valence-electron chi connectivity index (χ4n) is 3.10. The topological polar surface area (TPSA) is 12.0 Å². The van der Waals surface area contributed by atoms with E-state index in [2.05, 4.69) is 35.6 Å². The normalized spacial score (nSPS) is 19.4. The third-order valence-electron chi connectivity index (χ3n) is 4.50. The van der Waals surface area contributed by atoms with Crippen LogP contribution in [0.5, 0.6) is 0 Å². The van der Waals surface area contributed by atoms with Crippen LogP contribution in [0.1, 0.15) is 37.7 Å². The number of aryl methyl sites for hydroxylation is 1. The maximum atomic E-state index is 3.70. The number of rotatable bonds is 8. The molecule has 2 saturated carbocycles. The molecule has 0 heterocycles. The summed E-state index contributed by atoms with van der Waals surface area (Å²) >= 11 is 0. The fraction of sp³-hybridized carbons (Fsp3) is 0.647. The van der Waals surface area contributed by atoms with Crippen molar-refractivity contribution in [2.24, 2.45) is 17.8 Å². The van der Waals surface area contributed by atoms with Gasteiger partial charge in [0.2, 0.25) is 0 Å². The van der Waals surface area contributed by atoms with Gasteiger partial charge in [0.05, 0.1) is 0 Å². The van der Waals surface area contributed by atoms with Gasteiger partial charge >= 0.3 is 0 Å². The Morgan fingerprint density at radius 1 is 1.00 bits per heavy atom. The molecule has 0 radical (unpaired) electrons. The maximum absolute atomic E-state index is 3.70. The molecule has 98 valence electrons. The molecule has 0 bridgehead atoms. The van der Waals surface area contributed by atoms with Crippen LogP contribution < -0.4 is 5.32 Å². The summed E-state index contributed by atoms with van der Waals surface area (Å²) in [6.45, 7) is 2.47. The summed E-state index contributed by atoms with van der Waals surface area (Å²) in [4.78, 5) is 0. The molecule has 0 unspecified atom stereocenters. The first kappa shape index (κ1) is 12.2. The van der Waals surface area contributed by atoms with Crippen LogP contribution in [0.25, 0.3) is 0 Å². The summed E-state index contributed by atoms with van der Waals surface area (Å²) in [7, 11) is 0. The summed E-state index contributed by atoms with van der Waals surface area (Å²) in [5.41, 5.74) is 1.47. The van der Waals surface area contributed by atoms with Crippen molar-refractivity contribution in [1.82, 2.24) is 5.32 Å². The maximum Gasteiger partial charge on any atom is -0.00152 e. The molecule has 1 aromatic carbocycles. The minimum atomic E-state index is 1.02. The van der Waals surface area contributed by atoms with Crippen molar-refractivity contribution >= 4 is 0 Å². The summed E-state index contributed by atoms with van der Waals surface area (Å²) in [5, 5.41) is 3.70. The number of hydrogen-bond donors (Lipinski definition) is 1. The molecule has 1 N–H and O–H groups in total. The Bertz CT molecular complexity index is 339. The summed E-state index contributed by atoms with van der Waals surface area (Å²) < 4.78 is 0. The van der Waals surface area contributed by atoms with Gasteiger partial charge in [-0.25, -0.2) is 0 Å². The van der Waals surface area contributed by atoms with E-state index in [1.807, 2.05) is 0 Å². The Morgan fingerprint density at radius 3 is 2.28 bits per heavy atom. The molecule has 1 heteroatoms. The first-order valence-corrected chi connectivity index (χ1v) is 7.68. The molecule has 3 rings (SSSR count). The van der Waals surface area contributed by atoms with Gasteiger partial charge in [-0.3, -0.25) is 0 Å². The van der Waals surface area contributed by atoms with Crippen LogP contribution in [0.3, 0.4) is 0 Å². The molecule has 0 spiro atoms. The summed E-state index contributed by atoms with van der Waals surface area (Å²) in [6, 6.07) is 10.8. The van der Waals surface area contributed by atoms with Crippen molar-refractivity contribution in [2.75, 3.05) is 13.1 Å². The van der Waals surface area contributed by atoms with Gasteiger partial charge in [0, 0.05) is 0 Å². The molecular formula is C17H25N. The van der Waals surface area contributed by atoms with Crippen LogP contribution in [0, 0.1) is 17.8 Å². The molecule has 2 aliphatic rings. The second-order valence-electron chi connectivity index (χ2n) is 6.13. The van der Waals surface area contributed by atoms with E-state index in [0.717, 1.165) is 17.8 Å². The van der Waals surface area contributed by atoms with Crippen LogP contribution in [-0.4, -0.2) is 13.1 Å². The molecule has 1 aromatic rings. The van der Waals surface area contributed by atoms with Crippen LogP contribution in [0.15, 0.2) is 30.3 Å². The van der Waals surface area contributed by atoms with Crippen molar-refractivity contribution in [3.63, 3.8) is 0 Å². The highest BCUT2D eigenvalue weighted by Crippen LogP contribution is 2.48. The van der Waals surface area contributed by atoms with Gasteiger partial charge in [-0.15, -0.1) is 0 Å². The van der Waals surface area contributed by atoms with Crippen molar-refractivity contribution in [3.8, 4) is 0 Å². The minimum Gasteiger partial charge on any atom is -0.316 e. The lowest BCUT2D eigenvalue weighted by Crippen LogP contribution is -2.26. The fourth-order valence-corrected chi connectivity index (χ4v) is 3.10. The van der Waals surface area contributed by atoms with Crippen molar-refractivity contribution < 1.29 is 0 Å². The Balaban J connectivity index is 1.30. The van der Waals surface area contributed by atoms with Crippen LogP contribution in [0.2, 0.25) is 0 Å². The molecular weight excluding hydrogens is 218 g/mol. The first-order chi connectivity index (χ1) is 8.93. The standard InChI is InChI=1S/C17H25N/c1-2-5-14(6-3-1)7-4-12-18-13-17(15-8-9-15)16-10-11-16/h1-3,5-6,15-18H,4,7-13H2. The van der Waals surface area contributed by atoms with Gasteiger partial charge in [-0.1, -0.05) is 30.3 Å². The lowest BCUT2D eigenvalue weighted by atomic mass is 9.98. The van der Waals surface area contributed by atoms with Crippen LogP contribution in [0.4, 0.5) is 0 Å². The zero-order valence-electron chi connectivity index (χ0n) is 11.3. The van der Waals surface area contributed by atoms with E-state index in [-0.39, 0.29) is 0 Å². The third kappa shape index (κ3) is 3.58. The Kier molecular flexibility index (Phi) is 3.99. The molecule has 1 nitrogen and oxygen atoms in total. The second kappa shape index (κ2) is 5.88. The largest absolute Gasteiger partial charge is 0.316 e. The van der Waals surface area contributed by atoms with E-state index in [4.69, 9.17) is 0 Å². The second-order valence-corrected chi connectivity index (χ2v) is 6.13. The minimum absolute atomic E-state index is 1.02. The number of hydrogen-bond acceptors (Lipinski definition) is 1. The zero-order valence-corrected chi connectivity index (χ0v) is 11.3. The zero-order chi connectivity index (χ0) is 12.2. The molecule has 2 aliphatic carbocycles. The summed E-state index contributed by atoms with van der Waals surface area (Å²) in [5.74, 6) is 3.18. The predicted molar refractivity (Wildman–Crippen MR) is 76.6 cm³/mol. The highest BCUT2D eigenvalue weighted by atomic mass is 14.9. The van der Waals surface area contributed by atoms with Gasteiger partial charge in [-0.2, -0.15) is 0 Å². The lowest BCUT2D eigenvalue weighted by molar-refractivity contribution is 0.378. The van der Waals surface area contributed by atoms with Crippen LogP contribution in [-0.2, 0) is 6.42 Å². The first-order valence-electron chi connectivity index (χ1n) is 7.68. The summed E-state index contributed by atoms with van der Waals surface area (Å²) in [6.07, 6.45) is 8.51. The highest BCUT2D eigenvalue weighted by Gasteiger charge is 2.40. The monoisotopic (exact) mass is 243 g/mol. The highest BCUT2D eigenvalue weighted by molar-refractivity contribution is 5.14. The van der Waals surface area contributed by atoms with E-state index in [1.165, 1.54) is 57.2 Å². The average Bonchev–Trinajstić information content (AvgIpc) is 3.29. The smallest absolute Gasteiger partial charge is 0.00152 e. The van der Waals surface area contributed by atoms with Gasteiger partial charge in [0.15, 0.2) is 0 Å². The molecule has 2 fully saturated rings. The van der Waals surface area contributed by atoms with E-state index >= 15 is 0 Å². The lowest BCUT2D eigenvalue weighted by Gasteiger charge is -2.16. The Morgan fingerprint density at radius 2 is 1.67 bits per heavy atom. The molecule has 18 heavy (non-hydrogen) atoms. The molecule has 0 aliphatic heterocycles. The van der Waals surface area contributed by atoms with Gasteiger partial charge in [0.25, 0.3) is 0 Å². The quantitative estimate of drug-likeness (QED) is 0.687. The Labute approximate surface area is 111 Å². The molecule has 0 aromatic heterocycles. The molecule has 0 saturated heterocycles. The molecule has 0 amide bonds. The van der Waals surface area contributed by atoms with Gasteiger partial charge < -0.3 is 5.32 Å². The van der Waals surface area contributed by atoms with Crippen molar-refractivity contribution in [1.29, 1.82) is 0 Å². The third-order valence-corrected chi connectivity index (χ3v) is 4.50. The number of nitrogens with one attached hydrogen (secondary N) is 1. The van der Waals surface area contributed by atoms with Crippen molar-refractivity contribution in [2.45, 2.75) is 38.5 Å². The Hall–Kier alpha value is -0.820. The average molecular weight is 243 g/mol. The SMILES string of the molecule is c1ccc(CCCNCC(C2CC2)C2CC2)cc1. The van der Waals surface area contributed by atoms with E-state index in [1.54, 1.807) is 0 Å². The molecule has 0 atom stereocenters. The number of benzene rings is 1. The van der Waals surface area contributed by atoms with Crippen molar-refractivity contribution in [3.05, 3.63) is 35.9 Å². The van der Waals surface area contributed by atoms with Crippen LogP contribution >= 0.6 is 0 Å². The van der Waals surface area contributed by atoms with Gasteiger partial charge in [0.1, 0.15) is 0 Å². The predicted octanol–water partition coefficient (Wildman–Crippen LogP) is 3.65. The van der Waals surface area contributed by atoms with Gasteiger partial charge in [-0.05, 0) is 74.9 Å².